The minimum absolute atomic E-state index is 0.0295. The summed E-state index contributed by atoms with van der Waals surface area (Å²) in [5, 5.41) is 20.9. The van der Waals surface area contributed by atoms with Gasteiger partial charge in [0.05, 0.1) is 12.4 Å². The zero-order valence-electron chi connectivity index (χ0n) is 5.93. The molecule has 0 saturated carbocycles. The van der Waals surface area contributed by atoms with Gasteiger partial charge >= 0.3 is 5.97 Å². The number of carboxylic acids is 1. The van der Waals surface area contributed by atoms with Crippen LogP contribution in [-0.2, 0) is 4.79 Å². The molecule has 0 amide bonds. The van der Waals surface area contributed by atoms with Crippen LogP contribution < -0.4 is 0 Å². The molecule has 11 heavy (non-hydrogen) atoms. The van der Waals surface area contributed by atoms with Gasteiger partial charge in [-0.05, 0) is 6.92 Å². The van der Waals surface area contributed by atoms with Crippen molar-refractivity contribution in [2.24, 2.45) is 0 Å². The lowest BCUT2D eigenvalue weighted by Gasteiger charge is -2.04. The molecule has 1 aromatic rings. The normalized spacial score (nSPS) is 12.8. The van der Waals surface area contributed by atoms with Gasteiger partial charge in [0.1, 0.15) is 6.04 Å². The fraction of sp³-hybridized carbons (Fsp3) is 0.333. The Kier molecular flexibility index (Phi) is 1.80. The van der Waals surface area contributed by atoms with Crippen molar-refractivity contribution in [1.29, 1.82) is 0 Å². The van der Waals surface area contributed by atoms with Crippen LogP contribution in [0, 0.1) is 0 Å². The summed E-state index contributed by atoms with van der Waals surface area (Å²) in [5.74, 6) is -1.01. The first kappa shape index (κ1) is 7.59. The Morgan fingerprint density at radius 2 is 2.45 bits per heavy atom. The van der Waals surface area contributed by atoms with Crippen LogP contribution in [0.2, 0.25) is 0 Å². The molecule has 1 rings (SSSR count). The van der Waals surface area contributed by atoms with Gasteiger partial charge in [-0.3, -0.25) is 4.68 Å². The smallest absolute Gasteiger partial charge is 0.328 e. The summed E-state index contributed by atoms with van der Waals surface area (Å²) in [7, 11) is 0. The number of carbonyl (C=O) groups is 1. The first-order valence-electron chi connectivity index (χ1n) is 3.07. The summed E-state index contributed by atoms with van der Waals surface area (Å²) in [4.78, 5) is 10.4. The van der Waals surface area contributed by atoms with Gasteiger partial charge < -0.3 is 10.2 Å². The molecule has 1 unspecified atom stereocenters. The third-order valence-corrected chi connectivity index (χ3v) is 1.34. The molecule has 0 radical (unpaired) electrons. The predicted molar refractivity (Wildman–Crippen MR) is 36.2 cm³/mol. The van der Waals surface area contributed by atoms with E-state index in [1.54, 1.807) is 0 Å². The molecule has 0 saturated heterocycles. The lowest BCUT2D eigenvalue weighted by atomic mass is 10.4. The molecule has 1 atom stereocenters. The van der Waals surface area contributed by atoms with Gasteiger partial charge in [-0.15, -0.1) is 0 Å². The Hall–Kier alpha value is -1.52. The molecular weight excluding hydrogens is 148 g/mol. The van der Waals surface area contributed by atoms with E-state index in [-0.39, 0.29) is 5.75 Å². The average Bonchev–Trinajstić information content (AvgIpc) is 2.34. The van der Waals surface area contributed by atoms with E-state index in [4.69, 9.17) is 10.2 Å². The molecule has 0 aliphatic rings. The Bertz CT molecular complexity index is 269. The molecule has 0 fully saturated rings. The van der Waals surface area contributed by atoms with Crippen LogP contribution >= 0.6 is 0 Å². The zero-order chi connectivity index (χ0) is 8.43. The van der Waals surface area contributed by atoms with E-state index in [1.165, 1.54) is 24.0 Å². The number of aliphatic carboxylic acids is 1. The molecule has 0 aromatic carbocycles. The highest BCUT2D eigenvalue weighted by atomic mass is 16.4. The summed E-state index contributed by atoms with van der Waals surface area (Å²) in [6.07, 6.45) is 2.46. The van der Waals surface area contributed by atoms with Crippen molar-refractivity contribution >= 4 is 5.97 Å². The quantitative estimate of drug-likeness (QED) is 0.642. The number of hydrogen-bond acceptors (Lipinski definition) is 3. The fourth-order valence-electron chi connectivity index (χ4n) is 0.653. The van der Waals surface area contributed by atoms with Crippen molar-refractivity contribution in [3.8, 4) is 5.75 Å². The first-order chi connectivity index (χ1) is 5.11. The van der Waals surface area contributed by atoms with Gasteiger partial charge in [-0.25, -0.2) is 4.79 Å². The standard InChI is InChI=1S/C6H8N2O3/c1-4(6(10)11)8-3-5(9)2-7-8/h2-4,9H,1H3,(H,10,11). The van der Waals surface area contributed by atoms with Gasteiger partial charge in [0.15, 0.2) is 5.75 Å². The zero-order valence-corrected chi connectivity index (χ0v) is 5.93. The molecule has 0 bridgehead atoms. The molecule has 5 heteroatoms. The maximum atomic E-state index is 10.4. The monoisotopic (exact) mass is 156 g/mol. The van der Waals surface area contributed by atoms with Crippen LogP contribution in [0.25, 0.3) is 0 Å². The van der Waals surface area contributed by atoms with E-state index in [0.717, 1.165) is 0 Å². The first-order valence-corrected chi connectivity index (χ1v) is 3.07. The number of hydrogen-bond donors (Lipinski definition) is 2. The van der Waals surface area contributed by atoms with Crippen LogP contribution in [-0.4, -0.2) is 26.0 Å². The molecular formula is C6H8N2O3. The molecule has 0 aliphatic carbocycles. The van der Waals surface area contributed by atoms with Crippen molar-refractivity contribution in [3.05, 3.63) is 12.4 Å². The van der Waals surface area contributed by atoms with E-state index in [9.17, 15) is 4.79 Å². The van der Waals surface area contributed by atoms with Crippen molar-refractivity contribution in [1.82, 2.24) is 9.78 Å². The van der Waals surface area contributed by atoms with E-state index in [2.05, 4.69) is 5.10 Å². The molecule has 60 valence electrons. The van der Waals surface area contributed by atoms with Crippen LogP contribution in [0.4, 0.5) is 0 Å². The molecule has 2 N–H and O–H groups in total. The van der Waals surface area contributed by atoms with Gasteiger partial charge in [-0.2, -0.15) is 5.10 Å². The maximum absolute atomic E-state index is 10.4. The lowest BCUT2D eigenvalue weighted by molar-refractivity contribution is -0.140. The van der Waals surface area contributed by atoms with Gasteiger partial charge in [0.25, 0.3) is 0 Å². The Morgan fingerprint density at radius 3 is 2.82 bits per heavy atom. The maximum Gasteiger partial charge on any atom is 0.328 e. The average molecular weight is 156 g/mol. The Balaban J connectivity index is 2.84. The van der Waals surface area contributed by atoms with E-state index in [0.29, 0.717) is 0 Å². The van der Waals surface area contributed by atoms with E-state index >= 15 is 0 Å². The van der Waals surface area contributed by atoms with Crippen molar-refractivity contribution in [2.45, 2.75) is 13.0 Å². The van der Waals surface area contributed by atoms with Gasteiger partial charge in [0.2, 0.25) is 0 Å². The largest absolute Gasteiger partial charge is 0.505 e. The molecule has 0 spiro atoms. The van der Waals surface area contributed by atoms with Crippen molar-refractivity contribution in [3.63, 3.8) is 0 Å². The molecule has 1 aromatic heterocycles. The van der Waals surface area contributed by atoms with Crippen molar-refractivity contribution in [2.75, 3.05) is 0 Å². The van der Waals surface area contributed by atoms with Gasteiger partial charge in [0, 0.05) is 0 Å². The third kappa shape index (κ3) is 1.49. The molecule has 1 heterocycles. The Labute approximate surface area is 62.9 Å². The molecule has 0 aliphatic heterocycles. The number of rotatable bonds is 2. The number of aromatic nitrogens is 2. The summed E-state index contributed by atoms with van der Waals surface area (Å²) in [6.45, 7) is 1.48. The van der Waals surface area contributed by atoms with Crippen LogP contribution in [0.15, 0.2) is 12.4 Å². The summed E-state index contributed by atoms with van der Waals surface area (Å²) < 4.78 is 1.18. The third-order valence-electron chi connectivity index (χ3n) is 1.34. The second kappa shape index (κ2) is 2.61. The number of carboxylic acid groups (broad SMARTS) is 1. The van der Waals surface area contributed by atoms with Gasteiger partial charge in [-0.1, -0.05) is 0 Å². The minimum atomic E-state index is -0.979. The second-order valence-corrected chi connectivity index (χ2v) is 2.19. The fourth-order valence-corrected chi connectivity index (χ4v) is 0.653. The lowest BCUT2D eigenvalue weighted by Crippen LogP contribution is -2.15. The molecule has 5 nitrogen and oxygen atoms in total. The van der Waals surface area contributed by atoms with E-state index in [1.807, 2.05) is 0 Å². The van der Waals surface area contributed by atoms with Crippen LogP contribution in [0.1, 0.15) is 13.0 Å². The Morgan fingerprint density at radius 1 is 1.82 bits per heavy atom. The summed E-state index contributed by atoms with van der Waals surface area (Å²) in [5.41, 5.74) is 0. The second-order valence-electron chi connectivity index (χ2n) is 2.19. The van der Waals surface area contributed by atoms with Crippen LogP contribution in [0.3, 0.4) is 0 Å². The SMILES string of the molecule is CC(C(=O)O)n1cc(O)cn1. The topological polar surface area (TPSA) is 75.3 Å². The highest BCUT2D eigenvalue weighted by Gasteiger charge is 2.13. The highest BCUT2D eigenvalue weighted by molar-refractivity contribution is 5.71. The van der Waals surface area contributed by atoms with Crippen LogP contribution in [0.5, 0.6) is 5.75 Å². The van der Waals surface area contributed by atoms with E-state index < -0.39 is 12.0 Å². The highest BCUT2D eigenvalue weighted by Crippen LogP contribution is 2.10. The summed E-state index contributed by atoms with van der Waals surface area (Å²) >= 11 is 0. The van der Waals surface area contributed by atoms with Crippen molar-refractivity contribution < 1.29 is 15.0 Å². The summed E-state index contributed by atoms with van der Waals surface area (Å²) in [6, 6.07) is -0.740. The number of aromatic hydroxyl groups is 1. The predicted octanol–water partition coefficient (Wildman–Crippen LogP) is 0.234. The minimum Gasteiger partial charge on any atom is -0.505 e. The number of nitrogens with zero attached hydrogens (tertiary/aromatic N) is 2.